The van der Waals surface area contributed by atoms with Crippen molar-refractivity contribution in [1.82, 2.24) is 0 Å². The van der Waals surface area contributed by atoms with Crippen molar-refractivity contribution in [2.24, 2.45) is 0 Å². The van der Waals surface area contributed by atoms with Crippen LogP contribution in [0.1, 0.15) is 149 Å². The Morgan fingerprint density at radius 3 is 0.985 bits per heavy atom. The van der Waals surface area contributed by atoms with E-state index in [4.69, 9.17) is 9.47 Å². The van der Waals surface area contributed by atoms with Crippen molar-refractivity contribution in [2.75, 3.05) is 6.61 Å². The minimum absolute atomic E-state index is 0.212. The molecule has 0 aliphatic carbocycles. The second kappa shape index (κ2) is 25.2. The normalized spacial score (nSPS) is 10.6. The first-order valence-electron chi connectivity index (χ1n) is 23.6. The summed E-state index contributed by atoms with van der Waals surface area (Å²) in [4.78, 5) is 14.1. The number of ether oxygens (including phenoxy) is 2. The first kappa shape index (κ1) is 48.8. The van der Waals surface area contributed by atoms with E-state index in [1.54, 1.807) is 0 Å². The first-order chi connectivity index (χ1) is 32.6. The summed E-state index contributed by atoms with van der Waals surface area (Å²) in [6.07, 6.45) is 7.12. The average molecular weight is 877 g/mol. The molecule has 1 atom stereocenters. The molecule has 6 aromatic carbocycles. The smallest absolute Gasteiger partial charge is 0.347 e. The molecular weight excluding hydrogens is 817 g/mol. The van der Waals surface area contributed by atoms with Gasteiger partial charge in [0.15, 0.2) is 11.9 Å². The maximum Gasteiger partial charge on any atom is 0.347 e. The fourth-order valence-corrected chi connectivity index (χ4v) is 7.21. The van der Waals surface area contributed by atoms with Crippen LogP contribution in [0.2, 0.25) is 0 Å². The highest BCUT2D eigenvalue weighted by atomic mass is 16.6. The second-order valence-electron chi connectivity index (χ2n) is 17.1. The third kappa shape index (κ3) is 15.0. The molecule has 0 saturated heterocycles. The van der Waals surface area contributed by atoms with Gasteiger partial charge in [-0.15, -0.1) is 0 Å². The molecule has 1 unspecified atom stereocenters. The van der Waals surface area contributed by atoms with Gasteiger partial charge in [0, 0.05) is 27.8 Å². The molecule has 0 bridgehead atoms. The molecule has 3 heteroatoms. The Labute approximate surface area is 400 Å². The molecule has 0 aliphatic rings. The lowest BCUT2D eigenvalue weighted by molar-refractivity contribution is -0.151. The van der Waals surface area contributed by atoms with Crippen molar-refractivity contribution in [3.05, 3.63) is 205 Å². The number of rotatable bonds is 12. The lowest BCUT2D eigenvalue weighted by Gasteiger charge is -2.22. The fraction of sp³-hybridized carbons (Fsp3) is 0.266. The second-order valence-corrected chi connectivity index (χ2v) is 17.1. The molecule has 0 spiro atoms. The van der Waals surface area contributed by atoms with E-state index in [-0.39, 0.29) is 6.61 Å². The molecule has 6 rings (SSSR count). The molecule has 3 nitrogen and oxygen atoms in total. The lowest BCUT2D eigenvalue weighted by Crippen LogP contribution is -2.30. The van der Waals surface area contributed by atoms with Crippen LogP contribution in [0.5, 0.6) is 5.75 Å². The van der Waals surface area contributed by atoms with Gasteiger partial charge in [0.05, 0.1) is 34.4 Å². The molecule has 0 heterocycles. The highest BCUT2D eigenvalue weighted by Crippen LogP contribution is 2.35. The molecule has 0 saturated carbocycles. The molecule has 0 fully saturated rings. The summed E-state index contributed by atoms with van der Waals surface area (Å²) in [5, 5.41) is 0. The van der Waals surface area contributed by atoms with Gasteiger partial charge in [-0.25, -0.2) is 4.79 Å². The van der Waals surface area contributed by atoms with Gasteiger partial charge in [-0.3, -0.25) is 0 Å². The third-order valence-corrected chi connectivity index (χ3v) is 11.3. The van der Waals surface area contributed by atoms with E-state index in [1.165, 1.54) is 19.3 Å². The number of hydrogen-bond acceptors (Lipinski definition) is 3. The summed E-state index contributed by atoms with van der Waals surface area (Å²) in [6.45, 7) is 14.5. The van der Waals surface area contributed by atoms with Gasteiger partial charge < -0.3 is 9.47 Å². The Hall–Kier alpha value is -7.61. The van der Waals surface area contributed by atoms with Crippen molar-refractivity contribution < 1.29 is 14.3 Å². The van der Waals surface area contributed by atoms with Gasteiger partial charge in [0.1, 0.15) is 0 Å². The molecule has 0 aliphatic heterocycles. The largest absolute Gasteiger partial charge is 0.476 e. The van der Waals surface area contributed by atoms with Gasteiger partial charge >= 0.3 is 5.97 Å². The number of esters is 1. The van der Waals surface area contributed by atoms with Gasteiger partial charge in [-0.05, 0) is 115 Å². The maximum absolute atomic E-state index is 14.1. The van der Waals surface area contributed by atoms with Crippen LogP contribution in [-0.4, -0.2) is 18.7 Å². The molecule has 0 radical (unpaired) electrons. The lowest BCUT2D eigenvalue weighted by atomic mass is 9.89. The molecule has 67 heavy (non-hydrogen) atoms. The quantitative estimate of drug-likeness (QED) is 0.0698. The molecule has 334 valence electrons. The zero-order valence-electron chi connectivity index (χ0n) is 40.2. The van der Waals surface area contributed by atoms with Gasteiger partial charge in [-0.1, -0.05) is 193 Å². The number of carbonyl (C=O) groups excluding carboxylic acids is 1. The van der Waals surface area contributed by atoms with Crippen LogP contribution in [0.25, 0.3) is 0 Å². The Morgan fingerprint density at radius 1 is 0.388 bits per heavy atom. The highest BCUT2D eigenvalue weighted by Gasteiger charge is 2.28. The molecule has 0 N–H and O–H groups in total. The summed E-state index contributed by atoms with van der Waals surface area (Å²) < 4.78 is 12.9. The number of hydrogen-bond donors (Lipinski definition) is 0. The maximum atomic E-state index is 14.1. The van der Waals surface area contributed by atoms with Crippen LogP contribution in [0.3, 0.4) is 0 Å². The van der Waals surface area contributed by atoms with E-state index in [0.717, 1.165) is 81.3 Å². The van der Waals surface area contributed by atoms with Crippen molar-refractivity contribution >= 4 is 5.97 Å². The number of unbranched alkanes of at least 4 members (excludes halogenated alkanes) is 6. The third-order valence-electron chi connectivity index (χ3n) is 11.3. The van der Waals surface area contributed by atoms with Gasteiger partial charge in [0.2, 0.25) is 0 Å². The van der Waals surface area contributed by atoms with Crippen LogP contribution in [0, 0.1) is 93.8 Å². The van der Waals surface area contributed by atoms with Crippen molar-refractivity contribution in [3.8, 4) is 65.0 Å². The van der Waals surface area contributed by atoms with Gasteiger partial charge in [0.25, 0.3) is 0 Å². The Balaban J connectivity index is 1.74. The highest BCUT2D eigenvalue weighted by molar-refractivity contribution is 5.80. The number of benzene rings is 6. The Morgan fingerprint density at radius 2 is 0.672 bits per heavy atom. The minimum Gasteiger partial charge on any atom is -0.476 e. The number of carbonyl (C=O) groups is 1. The zero-order valence-corrected chi connectivity index (χ0v) is 40.2. The molecule has 0 amide bonds. The molecule has 0 aromatic heterocycles. The van der Waals surface area contributed by atoms with Crippen molar-refractivity contribution in [2.45, 2.75) is 106 Å². The zero-order chi connectivity index (χ0) is 47.4. The van der Waals surface area contributed by atoms with E-state index in [0.29, 0.717) is 40.0 Å². The topological polar surface area (TPSA) is 35.5 Å². The summed E-state index contributed by atoms with van der Waals surface area (Å²) >= 11 is 0. The van der Waals surface area contributed by atoms with E-state index in [1.807, 2.05) is 116 Å². The van der Waals surface area contributed by atoms with Crippen molar-refractivity contribution in [1.29, 1.82) is 0 Å². The van der Waals surface area contributed by atoms with E-state index in [9.17, 15) is 4.79 Å². The first-order valence-corrected chi connectivity index (χ1v) is 23.6. The SMILES string of the molecule is CCCCCCCCCC(Oc1c(C#Cc2ccc(C)cc2)c(C#Cc2ccc(C)cc2)c(C#Cc2ccc(C)cc2)c(C#Cc2ccc(C)cc2)c1C#Cc1ccc(C)cc1)C(=O)OCC. The summed E-state index contributed by atoms with van der Waals surface area (Å²) in [6, 6.07) is 40.5. The Kier molecular flexibility index (Phi) is 18.4. The van der Waals surface area contributed by atoms with Crippen LogP contribution in [-0.2, 0) is 9.53 Å². The van der Waals surface area contributed by atoms with Crippen LogP contribution in [0.15, 0.2) is 121 Å². The molecule has 6 aromatic rings. The van der Waals surface area contributed by atoms with Crippen LogP contribution < -0.4 is 4.74 Å². The Bertz CT molecular complexity index is 2790. The predicted octanol–water partition coefficient (Wildman–Crippen LogP) is 13.7. The predicted molar refractivity (Wildman–Crippen MR) is 276 cm³/mol. The monoisotopic (exact) mass is 876 g/mol. The van der Waals surface area contributed by atoms with Crippen LogP contribution in [0.4, 0.5) is 0 Å². The summed E-state index contributed by atoms with van der Waals surface area (Å²) in [5.41, 5.74) is 12.3. The van der Waals surface area contributed by atoms with Crippen molar-refractivity contribution in [3.63, 3.8) is 0 Å². The van der Waals surface area contributed by atoms with E-state index in [2.05, 4.69) is 113 Å². The summed E-state index contributed by atoms with van der Waals surface area (Å²) in [7, 11) is 0. The fourth-order valence-electron chi connectivity index (χ4n) is 7.21. The van der Waals surface area contributed by atoms with E-state index < -0.39 is 12.1 Å². The average Bonchev–Trinajstić information content (AvgIpc) is 3.33. The molecular formula is C64H60O3. The van der Waals surface area contributed by atoms with Gasteiger partial charge in [-0.2, -0.15) is 0 Å². The minimum atomic E-state index is -0.948. The standard InChI is InChI=1S/C64H60O3/c1-8-10-11-12-13-14-15-16-62(64(65)66-9-2)67-63-60(45-40-55-33-23-50(6)24-34-55)58(43-38-53-29-19-48(4)20-30-53)57(42-37-52-27-17-47(3)18-28-52)59(44-39-54-31-21-49(5)22-32-54)61(63)46-41-56-35-25-51(7)26-36-56/h17-36,62H,8-16H2,1-7H3. The summed E-state index contributed by atoms with van der Waals surface area (Å²) in [5.74, 6) is 34.7. The number of aryl methyl sites for hydroxylation is 5. The van der Waals surface area contributed by atoms with Crippen LogP contribution >= 0.6 is 0 Å². The van der Waals surface area contributed by atoms with E-state index >= 15 is 0 Å².